The number of carbonyl (C=O) groups is 3. The molecule has 4 fully saturated rings. The molecule has 2 aromatic rings. The van der Waals surface area contributed by atoms with Gasteiger partial charge >= 0.3 is 5.97 Å². The lowest BCUT2D eigenvalue weighted by Gasteiger charge is -2.48. The summed E-state index contributed by atoms with van der Waals surface area (Å²) in [7, 11) is 0. The number of Topliss-reactive ketones (excluding diaryl/α,β-unsaturated/α-hetero) is 1. The van der Waals surface area contributed by atoms with Gasteiger partial charge in [-0.05, 0) is 120 Å². The highest BCUT2D eigenvalue weighted by Crippen LogP contribution is 2.66. The van der Waals surface area contributed by atoms with Gasteiger partial charge in [-0.2, -0.15) is 0 Å². The number of aliphatic hydroxyl groups excluding tert-OH is 1. The molecule has 55 heavy (non-hydrogen) atoms. The third-order valence-electron chi connectivity index (χ3n) is 15.0. The highest BCUT2D eigenvalue weighted by molar-refractivity contribution is 6.31. The Morgan fingerprint density at radius 1 is 1.04 bits per heavy atom. The van der Waals surface area contributed by atoms with Gasteiger partial charge in [-0.25, -0.2) is 4.39 Å². The maximum atomic E-state index is 15.1. The predicted octanol–water partition coefficient (Wildman–Crippen LogP) is 8.07. The van der Waals surface area contributed by atoms with Crippen LogP contribution in [0.15, 0.2) is 48.0 Å². The molecule has 1 amide bonds. The van der Waals surface area contributed by atoms with E-state index >= 15 is 9.18 Å². The van der Waals surface area contributed by atoms with Crippen molar-refractivity contribution in [2.45, 2.75) is 141 Å². The largest absolute Gasteiger partial charge is 0.448 e. The first kappa shape index (κ1) is 40.1. The van der Waals surface area contributed by atoms with Crippen molar-refractivity contribution >= 4 is 29.3 Å². The lowest BCUT2D eigenvalue weighted by atomic mass is 9.64. The van der Waals surface area contributed by atoms with Crippen LogP contribution in [0.1, 0.15) is 132 Å². The summed E-state index contributed by atoms with van der Waals surface area (Å²) in [6.45, 7) is 10.9. The molecule has 2 saturated heterocycles. The second-order valence-electron chi connectivity index (χ2n) is 18.2. The van der Waals surface area contributed by atoms with Crippen molar-refractivity contribution in [3.63, 3.8) is 0 Å². The van der Waals surface area contributed by atoms with Crippen LogP contribution < -0.4 is 0 Å². The highest BCUT2D eigenvalue weighted by atomic mass is 35.5. The molecular weight excluding hydrogens is 721 g/mol. The Bertz CT molecular complexity index is 1870. The van der Waals surface area contributed by atoms with Gasteiger partial charge < -0.3 is 24.6 Å². The van der Waals surface area contributed by atoms with Crippen molar-refractivity contribution in [3.8, 4) is 0 Å². The fourth-order valence-corrected chi connectivity index (χ4v) is 11.0. The minimum absolute atomic E-state index is 0.0197. The number of aliphatic hydroxyl groups is 2. The molecule has 2 N–H and O–H groups in total. The summed E-state index contributed by atoms with van der Waals surface area (Å²) in [5.74, 6) is -1.76. The monoisotopic (exact) mass is 777 g/mol. The molecule has 8 nitrogen and oxygen atoms in total. The van der Waals surface area contributed by atoms with Crippen molar-refractivity contribution in [2.75, 3.05) is 19.7 Å². The Morgan fingerprint density at radius 2 is 1.82 bits per heavy atom. The molecule has 10 heteroatoms. The number of rotatable bonds is 8. The fourth-order valence-electron chi connectivity index (χ4n) is 10.7. The molecule has 0 aromatic heterocycles. The van der Waals surface area contributed by atoms with Crippen molar-refractivity contribution in [2.24, 2.45) is 16.2 Å². The molecule has 7 atom stereocenters. The lowest BCUT2D eigenvalue weighted by Crippen LogP contribution is -2.61. The van der Waals surface area contributed by atoms with Gasteiger partial charge in [0.2, 0.25) is 0 Å². The molecule has 4 bridgehead atoms. The summed E-state index contributed by atoms with van der Waals surface area (Å²) < 4.78 is 27.2. The van der Waals surface area contributed by atoms with E-state index in [0.717, 1.165) is 29.5 Å². The van der Waals surface area contributed by atoms with E-state index in [9.17, 15) is 19.8 Å². The first-order chi connectivity index (χ1) is 25.9. The van der Waals surface area contributed by atoms with Gasteiger partial charge in [0.05, 0.1) is 29.8 Å². The van der Waals surface area contributed by atoms with Gasteiger partial charge in [0.15, 0.2) is 11.4 Å². The Balaban J connectivity index is 1.30. The number of halogens is 2. The fraction of sp³-hybridized carbons (Fsp3) is 0.622. The predicted molar refractivity (Wildman–Crippen MR) is 208 cm³/mol. The molecular formula is C45H57ClFNO7. The molecule has 4 aliphatic carbocycles. The van der Waals surface area contributed by atoms with Gasteiger partial charge in [-0.3, -0.25) is 14.4 Å². The van der Waals surface area contributed by atoms with Gasteiger partial charge in [0.25, 0.3) is 5.91 Å². The third-order valence-corrected chi connectivity index (χ3v) is 15.3. The number of ether oxygens (including phenoxy) is 2. The standard InChI is InChI=1S/C45H57ClFNO7/c1-28-9-7-18-42(4)35(32-16-14-29(23-30(49)15-13-28)24-33(32)38(50)25-34-36(46)11-6-12-37(34)47)17-19-44(42,53)27-48(26-31-10-8-22-54-31)39(51)45-21-20-43(5,40(52)55-45)41(45,2)3/h6,9,11-12,14,16,24,30-31,35,49,53H,7-8,10,13,15,17-23,25-27H2,1-5H3/t30-,31+,35-,42-,43-,44+,45+/m0/s1. The number of fused-ring (bicyclic) bond motifs is 10. The summed E-state index contributed by atoms with van der Waals surface area (Å²) in [6.07, 6.45) is 7.55. The molecule has 2 aliphatic heterocycles. The van der Waals surface area contributed by atoms with E-state index in [-0.39, 0.29) is 59.8 Å². The Hall–Kier alpha value is -3.11. The number of nitrogens with zero attached hydrogens (tertiary/aromatic N) is 1. The van der Waals surface area contributed by atoms with Gasteiger partial charge in [0, 0.05) is 46.6 Å². The minimum Gasteiger partial charge on any atom is -0.448 e. The Labute approximate surface area is 329 Å². The number of benzene rings is 2. The second kappa shape index (κ2) is 14.7. The molecule has 2 heterocycles. The van der Waals surface area contributed by atoms with E-state index in [1.807, 2.05) is 39.0 Å². The molecule has 2 aromatic carbocycles. The van der Waals surface area contributed by atoms with Crippen molar-refractivity contribution in [1.82, 2.24) is 4.90 Å². The summed E-state index contributed by atoms with van der Waals surface area (Å²) in [4.78, 5) is 44.5. The lowest BCUT2D eigenvalue weighted by molar-refractivity contribution is -0.178. The summed E-state index contributed by atoms with van der Waals surface area (Å²) >= 11 is 6.41. The number of hydrogen-bond donors (Lipinski definition) is 2. The molecule has 0 spiro atoms. The normalized spacial score (nSPS) is 34.2. The van der Waals surface area contributed by atoms with Crippen LogP contribution in [0.4, 0.5) is 4.39 Å². The van der Waals surface area contributed by atoms with Crippen LogP contribution in [0.25, 0.3) is 0 Å². The zero-order chi connectivity index (χ0) is 39.6. The molecule has 298 valence electrons. The number of ketones is 1. The van der Waals surface area contributed by atoms with Crippen molar-refractivity contribution < 1.29 is 38.5 Å². The van der Waals surface area contributed by atoms with Gasteiger partial charge in [-0.15, -0.1) is 0 Å². The molecule has 0 radical (unpaired) electrons. The van der Waals surface area contributed by atoms with Crippen LogP contribution in [0.5, 0.6) is 0 Å². The average molecular weight is 778 g/mol. The quantitative estimate of drug-likeness (QED) is 0.158. The SMILES string of the molecule is CC1=CCC[C@@]2(C)[C@@H](CC[C@@]2(O)CN(C[C@H]2CCCO2)C(=O)[C@@]23CC[C@@](C)(C(=O)O2)C3(C)C)c2ccc(cc2C(=O)Cc2c(F)cccc2Cl)C[C@@H](O)CC1. The van der Waals surface area contributed by atoms with Crippen LogP contribution in [-0.2, 0) is 31.9 Å². The summed E-state index contributed by atoms with van der Waals surface area (Å²) in [5.41, 5.74) is -1.80. The smallest absolute Gasteiger partial charge is 0.313 e. The highest BCUT2D eigenvalue weighted by Gasteiger charge is 2.76. The summed E-state index contributed by atoms with van der Waals surface area (Å²) in [6, 6.07) is 10.1. The number of hydrogen-bond acceptors (Lipinski definition) is 7. The molecule has 8 rings (SSSR count). The van der Waals surface area contributed by atoms with E-state index in [0.29, 0.717) is 70.0 Å². The minimum atomic E-state index is -1.39. The van der Waals surface area contributed by atoms with E-state index in [4.69, 9.17) is 21.1 Å². The van der Waals surface area contributed by atoms with Crippen LogP contribution in [0, 0.1) is 22.1 Å². The maximum Gasteiger partial charge on any atom is 0.313 e. The average Bonchev–Trinajstić information content (AvgIpc) is 3.82. The number of carbonyl (C=O) groups excluding carboxylic acids is 3. The zero-order valence-corrected chi connectivity index (χ0v) is 33.8. The topological polar surface area (TPSA) is 113 Å². The van der Waals surface area contributed by atoms with Crippen molar-refractivity contribution in [1.29, 1.82) is 0 Å². The zero-order valence-electron chi connectivity index (χ0n) is 33.0. The molecule has 2 saturated carbocycles. The Morgan fingerprint density at radius 3 is 2.49 bits per heavy atom. The molecule has 0 unspecified atom stereocenters. The maximum absolute atomic E-state index is 15.1. The van der Waals surface area contributed by atoms with Gasteiger partial charge in [-0.1, -0.05) is 62.2 Å². The Kier molecular flexibility index (Phi) is 10.7. The first-order valence-electron chi connectivity index (χ1n) is 20.2. The number of allylic oxidation sites excluding steroid dienone is 2. The first-order valence-corrected chi connectivity index (χ1v) is 20.6. The van der Waals surface area contributed by atoms with Gasteiger partial charge in [0.1, 0.15) is 5.82 Å². The number of esters is 1. The van der Waals surface area contributed by atoms with Crippen molar-refractivity contribution in [3.05, 3.63) is 81.1 Å². The number of amides is 1. The molecule has 6 aliphatic rings. The van der Waals surface area contributed by atoms with Crippen LogP contribution in [-0.4, -0.2) is 75.9 Å². The van der Waals surface area contributed by atoms with Crippen LogP contribution >= 0.6 is 11.6 Å². The third kappa shape index (κ3) is 6.69. The second-order valence-corrected chi connectivity index (χ2v) is 18.6. The van der Waals surface area contributed by atoms with E-state index in [1.165, 1.54) is 12.1 Å². The van der Waals surface area contributed by atoms with E-state index in [2.05, 4.69) is 19.9 Å². The van der Waals surface area contributed by atoms with E-state index < -0.39 is 39.4 Å². The summed E-state index contributed by atoms with van der Waals surface area (Å²) in [5, 5.41) is 24.4. The van der Waals surface area contributed by atoms with E-state index in [1.54, 1.807) is 11.0 Å². The van der Waals surface area contributed by atoms with Crippen LogP contribution in [0.2, 0.25) is 5.02 Å². The van der Waals surface area contributed by atoms with Crippen LogP contribution in [0.3, 0.4) is 0 Å².